The van der Waals surface area contributed by atoms with Gasteiger partial charge in [-0.25, -0.2) is 0 Å². The third-order valence-electron chi connectivity index (χ3n) is 2.77. The second kappa shape index (κ2) is 5.89. The number of carboxylic acids is 1. The van der Waals surface area contributed by atoms with Gasteiger partial charge in [-0.1, -0.05) is 0 Å². The van der Waals surface area contributed by atoms with Crippen molar-refractivity contribution in [3.8, 4) is 0 Å². The Hall–Kier alpha value is -0.260. The van der Waals surface area contributed by atoms with Crippen molar-refractivity contribution in [2.24, 2.45) is 0 Å². The van der Waals surface area contributed by atoms with Crippen LogP contribution < -0.4 is 0 Å². The Morgan fingerprint density at radius 2 is 2.25 bits per heavy atom. The maximum atomic E-state index is 10.7. The maximum Gasteiger partial charge on any atom is 0.304 e. The van der Waals surface area contributed by atoms with Crippen LogP contribution in [-0.4, -0.2) is 57.3 Å². The van der Waals surface area contributed by atoms with Gasteiger partial charge < -0.3 is 10.2 Å². The highest BCUT2D eigenvalue weighted by molar-refractivity contribution is 7.99. The minimum absolute atomic E-state index is 0.124. The van der Waals surface area contributed by atoms with Gasteiger partial charge in [0.25, 0.3) is 0 Å². The van der Waals surface area contributed by atoms with Crippen molar-refractivity contribution >= 4 is 17.7 Å². The lowest BCUT2D eigenvalue weighted by Gasteiger charge is -2.35. The molecule has 0 aliphatic carbocycles. The zero-order valence-corrected chi connectivity index (χ0v) is 10.8. The van der Waals surface area contributed by atoms with E-state index in [1.807, 2.05) is 11.8 Å². The molecule has 0 aromatic rings. The molecule has 16 heavy (non-hydrogen) atoms. The first-order valence-electron chi connectivity index (χ1n) is 5.64. The lowest BCUT2D eigenvalue weighted by molar-refractivity contribution is -0.138. The summed E-state index contributed by atoms with van der Waals surface area (Å²) in [5.74, 6) is 1.21. The Bertz CT molecular complexity index is 240. The molecule has 1 rings (SSSR count). The van der Waals surface area contributed by atoms with Crippen LogP contribution in [0.4, 0.5) is 0 Å². The van der Waals surface area contributed by atoms with E-state index < -0.39 is 11.6 Å². The maximum absolute atomic E-state index is 10.7. The van der Waals surface area contributed by atoms with Crippen LogP contribution in [0.5, 0.6) is 0 Å². The van der Waals surface area contributed by atoms with Crippen LogP contribution in [-0.2, 0) is 4.79 Å². The molecule has 0 amide bonds. The Labute approximate surface area is 101 Å². The summed E-state index contributed by atoms with van der Waals surface area (Å²) < 4.78 is 0. The normalized spacial score (nSPS) is 23.3. The van der Waals surface area contributed by atoms with Gasteiger partial charge in [0.15, 0.2) is 0 Å². The zero-order valence-electron chi connectivity index (χ0n) is 9.98. The van der Waals surface area contributed by atoms with Crippen molar-refractivity contribution in [2.45, 2.75) is 38.3 Å². The summed E-state index contributed by atoms with van der Waals surface area (Å²) in [4.78, 5) is 12.9. The van der Waals surface area contributed by atoms with E-state index in [0.29, 0.717) is 6.42 Å². The molecule has 1 unspecified atom stereocenters. The van der Waals surface area contributed by atoms with Gasteiger partial charge in [0, 0.05) is 30.6 Å². The largest absolute Gasteiger partial charge is 0.481 e. The van der Waals surface area contributed by atoms with Crippen molar-refractivity contribution < 1.29 is 15.0 Å². The highest BCUT2D eigenvalue weighted by atomic mass is 32.2. The number of aliphatic carboxylic acids is 1. The highest BCUT2D eigenvalue weighted by Crippen LogP contribution is 2.20. The molecule has 0 aromatic carbocycles. The molecule has 0 bridgehead atoms. The van der Waals surface area contributed by atoms with Gasteiger partial charge in [0.05, 0.1) is 12.0 Å². The molecule has 0 spiro atoms. The number of aliphatic hydroxyl groups is 1. The summed E-state index contributed by atoms with van der Waals surface area (Å²) in [5.41, 5.74) is -0.668. The minimum Gasteiger partial charge on any atom is -0.481 e. The second-order valence-corrected chi connectivity index (χ2v) is 6.07. The predicted octanol–water partition coefficient (Wildman–Crippen LogP) is 1.04. The average Bonchev–Trinajstić information content (AvgIpc) is 2.14. The van der Waals surface area contributed by atoms with E-state index in [1.165, 1.54) is 0 Å². The SMILES string of the molecule is CC(C)(O)CCN1CCSCC1CC(=O)O. The van der Waals surface area contributed by atoms with E-state index in [0.717, 1.165) is 24.6 Å². The van der Waals surface area contributed by atoms with Crippen molar-refractivity contribution in [3.05, 3.63) is 0 Å². The summed E-state index contributed by atoms with van der Waals surface area (Å²) in [6, 6.07) is 0.124. The fraction of sp³-hybridized carbons (Fsp3) is 0.909. The zero-order chi connectivity index (χ0) is 12.2. The molecule has 0 saturated carbocycles. The Morgan fingerprint density at radius 1 is 1.56 bits per heavy atom. The summed E-state index contributed by atoms with van der Waals surface area (Å²) in [6.45, 7) is 5.29. The first kappa shape index (κ1) is 13.8. The highest BCUT2D eigenvalue weighted by Gasteiger charge is 2.26. The lowest BCUT2D eigenvalue weighted by Crippen LogP contribution is -2.45. The second-order valence-electron chi connectivity index (χ2n) is 4.93. The van der Waals surface area contributed by atoms with Crippen molar-refractivity contribution in [3.63, 3.8) is 0 Å². The molecule has 5 heteroatoms. The van der Waals surface area contributed by atoms with Gasteiger partial charge >= 0.3 is 5.97 Å². The van der Waals surface area contributed by atoms with Gasteiger partial charge in [-0.3, -0.25) is 9.69 Å². The van der Waals surface area contributed by atoms with Gasteiger partial charge in [0.1, 0.15) is 0 Å². The van der Waals surface area contributed by atoms with Crippen LogP contribution in [0, 0.1) is 0 Å². The van der Waals surface area contributed by atoms with E-state index in [9.17, 15) is 9.90 Å². The molecule has 94 valence electrons. The summed E-state index contributed by atoms with van der Waals surface area (Å²) in [5, 5.41) is 18.5. The predicted molar refractivity (Wildman–Crippen MR) is 65.9 cm³/mol. The number of hydrogen-bond acceptors (Lipinski definition) is 4. The Kier molecular flexibility index (Phi) is 5.08. The van der Waals surface area contributed by atoms with Crippen LogP contribution in [0.3, 0.4) is 0 Å². The summed E-state index contributed by atoms with van der Waals surface area (Å²) >= 11 is 1.81. The van der Waals surface area contributed by atoms with Crippen molar-refractivity contribution in [1.29, 1.82) is 0 Å². The fourth-order valence-electron chi connectivity index (χ4n) is 1.79. The first-order chi connectivity index (χ1) is 7.38. The monoisotopic (exact) mass is 247 g/mol. The molecule has 1 saturated heterocycles. The smallest absolute Gasteiger partial charge is 0.304 e. The lowest BCUT2D eigenvalue weighted by atomic mass is 10.0. The van der Waals surface area contributed by atoms with Crippen LogP contribution in [0.2, 0.25) is 0 Å². The van der Waals surface area contributed by atoms with E-state index in [1.54, 1.807) is 13.8 Å². The summed E-state index contributed by atoms with van der Waals surface area (Å²) in [7, 11) is 0. The number of hydrogen-bond donors (Lipinski definition) is 2. The van der Waals surface area contributed by atoms with Gasteiger partial charge in [-0.05, 0) is 20.3 Å². The van der Waals surface area contributed by atoms with Gasteiger partial charge in [-0.15, -0.1) is 0 Å². The third kappa shape index (κ3) is 5.18. The van der Waals surface area contributed by atoms with Gasteiger partial charge in [-0.2, -0.15) is 11.8 Å². The molecule has 1 atom stereocenters. The number of rotatable bonds is 5. The van der Waals surface area contributed by atoms with Crippen LogP contribution in [0.1, 0.15) is 26.7 Å². The number of thioether (sulfide) groups is 1. The molecule has 1 aliphatic heterocycles. The third-order valence-corrected chi connectivity index (χ3v) is 3.86. The van der Waals surface area contributed by atoms with E-state index in [4.69, 9.17) is 5.11 Å². The standard InChI is InChI=1S/C11H21NO3S/c1-11(2,15)3-4-12-5-6-16-8-9(12)7-10(13)14/h9,15H,3-8H2,1-2H3,(H,13,14). The van der Waals surface area contributed by atoms with Gasteiger partial charge in [0.2, 0.25) is 0 Å². The van der Waals surface area contributed by atoms with Crippen LogP contribution in [0.25, 0.3) is 0 Å². The van der Waals surface area contributed by atoms with Crippen LogP contribution in [0.15, 0.2) is 0 Å². The summed E-state index contributed by atoms with van der Waals surface area (Å²) in [6.07, 6.45) is 0.895. The molecule has 4 nitrogen and oxygen atoms in total. The Morgan fingerprint density at radius 3 is 2.81 bits per heavy atom. The molecule has 1 aliphatic rings. The molecular formula is C11H21NO3S. The Balaban J connectivity index is 2.44. The molecule has 1 fully saturated rings. The first-order valence-corrected chi connectivity index (χ1v) is 6.80. The van der Waals surface area contributed by atoms with E-state index in [2.05, 4.69) is 4.90 Å². The van der Waals surface area contributed by atoms with Crippen LogP contribution >= 0.6 is 11.8 Å². The molecule has 2 N–H and O–H groups in total. The average molecular weight is 247 g/mol. The number of carboxylic acid groups (broad SMARTS) is 1. The quantitative estimate of drug-likeness (QED) is 0.760. The molecule has 1 heterocycles. The molecule has 0 radical (unpaired) electrons. The van der Waals surface area contributed by atoms with E-state index in [-0.39, 0.29) is 12.5 Å². The number of nitrogens with zero attached hydrogens (tertiary/aromatic N) is 1. The minimum atomic E-state index is -0.735. The number of carbonyl (C=O) groups is 1. The van der Waals surface area contributed by atoms with Crippen molar-refractivity contribution in [1.82, 2.24) is 4.90 Å². The topological polar surface area (TPSA) is 60.8 Å². The molecular weight excluding hydrogens is 226 g/mol. The fourth-order valence-corrected chi connectivity index (χ4v) is 2.92. The van der Waals surface area contributed by atoms with E-state index >= 15 is 0 Å². The van der Waals surface area contributed by atoms with Crippen molar-refractivity contribution in [2.75, 3.05) is 24.6 Å². The molecule has 0 aromatic heterocycles.